The summed E-state index contributed by atoms with van der Waals surface area (Å²) in [5, 5.41) is 9.92. The average molecular weight is 498 g/mol. The first-order valence-corrected chi connectivity index (χ1v) is 11.4. The number of benzene rings is 2. The topological polar surface area (TPSA) is 95.9 Å². The molecule has 0 aliphatic rings. The monoisotopic (exact) mass is 497 g/mol. The van der Waals surface area contributed by atoms with Crippen molar-refractivity contribution in [3.8, 4) is 11.4 Å². The highest BCUT2D eigenvalue weighted by Gasteiger charge is 2.21. The Morgan fingerprint density at radius 3 is 2.68 bits per heavy atom. The third-order valence-electron chi connectivity index (χ3n) is 4.82. The van der Waals surface area contributed by atoms with E-state index < -0.39 is 0 Å². The number of ether oxygens (including phenoxy) is 1. The third-order valence-corrected chi connectivity index (χ3v) is 6.47. The number of para-hydroxylation sites is 1. The van der Waals surface area contributed by atoms with Gasteiger partial charge >= 0.3 is 5.97 Å². The molecule has 0 atom stereocenters. The molecule has 2 heterocycles. The molecule has 0 amide bonds. The number of aromatic nitrogens is 4. The number of halogens is 1. The molecule has 0 bridgehead atoms. The summed E-state index contributed by atoms with van der Waals surface area (Å²) in [6, 6.07) is 15.4. The molecule has 4 aromatic rings. The summed E-state index contributed by atoms with van der Waals surface area (Å²) in [6.07, 6.45) is 0. The number of thioether (sulfide) groups is 1. The Labute approximate surface area is 192 Å². The summed E-state index contributed by atoms with van der Waals surface area (Å²) in [5.41, 5.74) is 3.64. The van der Waals surface area contributed by atoms with Crippen molar-refractivity contribution in [2.45, 2.75) is 24.8 Å². The van der Waals surface area contributed by atoms with Crippen LogP contribution in [0.15, 0.2) is 58.2 Å². The second kappa shape index (κ2) is 9.07. The number of aryl methyl sites for hydroxylation is 1. The predicted octanol–water partition coefficient (Wildman–Crippen LogP) is 4.75. The minimum atomic E-state index is -0.378. The zero-order chi connectivity index (χ0) is 22.0. The Balaban J connectivity index is 1.69. The second-order valence-electron chi connectivity index (χ2n) is 6.74. The number of carbonyl (C=O) groups excluding carboxylic acids is 1. The van der Waals surface area contributed by atoms with E-state index in [0.717, 1.165) is 26.5 Å². The Morgan fingerprint density at radius 2 is 1.90 bits per heavy atom. The SMILES string of the molecule is CCOC(=O)c1c(CSc2nnc(-c3ccccc3Br)n2N)nc2ccccc2c1C. The van der Waals surface area contributed by atoms with Gasteiger partial charge in [-0.25, -0.2) is 9.47 Å². The normalized spacial score (nSPS) is 11.1. The fourth-order valence-corrected chi connectivity index (χ4v) is 4.61. The number of rotatable bonds is 6. The molecule has 2 aromatic carbocycles. The molecule has 2 aromatic heterocycles. The van der Waals surface area contributed by atoms with E-state index in [4.69, 9.17) is 15.6 Å². The lowest BCUT2D eigenvalue weighted by Gasteiger charge is -2.13. The number of fused-ring (bicyclic) bond motifs is 1. The van der Waals surface area contributed by atoms with Gasteiger partial charge in [0.15, 0.2) is 5.82 Å². The van der Waals surface area contributed by atoms with Crippen LogP contribution in [0, 0.1) is 6.92 Å². The summed E-state index contributed by atoms with van der Waals surface area (Å²) >= 11 is 4.89. The zero-order valence-corrected chi connectivity index (χ0v) is 19.4. The van der Waals surface area contributed by atoms with Crippen LogP contribution < -0.4 is 5.84 Å². The number of esters is 1. The van der Waals surface area contributed by atoms with Gasteiger partial charge in [-0.1, -0.05) is 58.0 Å². The van der Waals surface area contributed by atoms with Crippen LogP contribution in [0.25, 0.3) is 22.3 Å². The fraction of sp³-hybridized carbons (Fsp3) is 0.182. The smallest absolute Gasteiger partial charge is 0.340 e. The lowest BCUT2D eigenvalue weighted by Crippen LogP contribution is -2.13. The van der Waals surface area contributed by atoms with Gasteiger partial charge in [-0.15, -0.1) is 10.2 Å². The molecule has 7 nitrogen and oxygen atoms in total. The molecule has 2 N–H and O–H groups in total. The maximum Gasteiger partial charge on any atom is 0.340 e. The lowest BCUT2D eigenvalue weighted by atomic mass is 10.0. The molecule has 0 saturated heterocycles. The molecule has 0 unspecified atom stereocenters. The quantitative estimate of drug-likeness (QED) is 0.233. The number of pyridine rings is 1. The first-order valence-electron chi connectivity index (χ1n) is 9.64. The van der Waals surface area contributed by atoms with E-state index in [9.17, 15) is 4.79 Å². The molecule has 0 radical (unpaired) electrons. The van der Waals surface area contributed by atoms with Crippen molar-refractivity contribution in [1.29, 1.82) is 0 Å². The van der Waals surface area contributed by atoms with E-state index in [1.807, 2.05) is 55.5 Å². The Morgan fingerprint density at radius 1 is 1.16 bits per heavy atom. The highest BCUT2D eigenvalue weighted by molar-refractivity contribution is 9.10. The molecular weight excluding hydrogens is 478 g/mol. The van der Waals surface area contributed by atoms with Crippen LogP contribution in [-0.2, 0) is 10.5 Å². The molecular formula is C22H20BrN5O2S. The third kappa shape index (κ3) is 4.15. The molecule has 0 aliphatic carbocycles. The molecule has 9 heteroatoms. The largest absolute Gasteiger partial charge is 0.462 e. The number of hydrogen-bond acceptors (Lipinski definition) is 7. The first kappa shape index (κ1) is 21.3. The molecule has 158 valence electrons. The minimum absolute atomic E-state index is 0.296. The average Bonchev–Trinajstić information content (AvgIpc) is 3.13. The maximum atomic E-state index is 12.7. The fourth-order valence-electron chi connectivity index (χ4n) is 3.35. The van der Waals surface area contributed by atoms with Gasteiger partial charge in [-0.2, -0.15) is 0 Å². The van der Waals surface area contributed by atoms with Gasteiger partial charge in [0, 0.05) is 21.2 Å². The summed E-state index contributed by atoms with van der Waals surface area (Å²) in [5.74, 6) is 6.83. The summed E-state index contributed by atoms with van der Waals surface area (Å²) in [4.78, 5) is 17.4. The van der Waals surface area contributed by atoms with E-state index in [1.54, 1.807) is 6.92 Å². The van der Waals surface area contributed by atoms with Crippen LogP contribution in [0.2, 0.25) is 0 Å². The molecule has 31 heavy (non-hydrogen) atoms. The van der Waals surface area contributed by atoms with Crippen molar-refractivity contribution in [3.63, 3.8) is 0 Å². The Hall–Kier alpha value is -2.91. The van der Waals surface area contributed by atoms with Gasteiger partial charge in [0.2, 0.25) is 5.16 Å². The highest BCUT2D eigenvalue weighted by atomic mass is 79.9. The minimum Gasteiger partial charge on any atom is -0.462 e. The van der Waals surface area contributed by atoms with Crippen molar-refractivity contribution in [1.82, 2.24) is 19.9 Å². The molecule has 0 fully saturated rings. The van der Waals surface area contributed by atoms with Gasteiger partial charge < -0.3 is 10.6 Å². The van der Waals surface area contributed by atoms with Gasteiger partial charge in [-0.05, 0) is 37.6 Å². The van der Waals surface area contributed by atoms with E-state index in [2.05, 4.69) is 26.1 Å². The van der Waals surface area contributed by atoms with E-state index in [0.29, 0.717) is 34.6 Å². The van der Waals surface area contributed by atoms with Crippen LogP contribution in [-0.4, -0.2) is 32.4 Å². The van der Waals surface area contributed by atoms with Crippen LogP contribution >= 0.6 is 27.7 Å². The zero-order valence-electron chi connectivity index (χ0n) is 17.0. The van der Waals surface area contributed by atoms with Crippen LogP contribution in [0.5, 0.6) is 0 Å². The second-order valence-corrected chi connectivity index (χ2v) is 8.54. The molecule has 0 aliphatic heterocycles. The number of carbonyl (C=O) groups is 1. The summed E-state index contributed by atoms with van der Waals surface area (Å²) in [7, 11) is 0. The van der Waals surface area contributed by atoms with E-state index >= 15 is 0 Å². The van der Waals surface area contributed by atoms with E-state index in [-0.39, 0.29) is 5.97 Å². The first-order chi connectivity index (χ1) is 15.0. The van der Waals surface area contributed by atoms with Gasteiger partial charge in [-0.3, -0.25) is 4.98 Å². The van der Waals surface area contributed by atoms with Crippen molar-refractivity contribution >= 4 is 44.6 Å². The van der Waals surface area contributed by atoms with Crippen LogP contribution in [0.4, 0.5) is 0 Å². The summed E-state index contributed by atoms with van der Waals surface area (Å²) < 4.78 is 7.62. The Bertz CT molecular complexity index is 1270. The van der Waals surface area contributed by atoms with Crippen molar-refractivity contribution in [2.24, 2.45) is 0 Å². The highest BCUT2D eigenvalue weighted by Crippen LogP contribution is 2.31. The van der Waals surface area contributed by atoms with Crippen LogP contribution in [0.1, 0.15) is 28.5 Å². The number of nitrogen functional groups attached to an aromatic ring is 1. The van der Waals surface area contributed by atoms with Gasteiger partial charge in [0.1, 0.15) is 0 Å². The molecule has 0 spiro atoms. The van der Waals surface area contributed by atoms with Crippen molar-refractivity contribution in [3.05, 3.63) is 69.8 Å². The number of nitrogens with two attached hydrogens (primary N) is 1. The number of nitrogens with zero attached hydrogens (tertiary/aromatic N) is 4. The van der Waals surface area contributed by atoms with Gasteiger partial charge in [0.05, 0.1) is 23.4 Å². The molecule has 0 saturated carbocycles. The molecule has 4 rings (SSSR count). The van der Waals surface area contributed by atoms with Crippen molar-refractivity contribution < 1.29 is 9.53 Å². The number of hydrogen-bond donors (Lipinski definition) is 1. The van der Waals surface area contributed by atoms with E-state index in [1.165, 1.54) is 16.4 Å². The van der Waals surface area contributed by atoms with Gasteiger partial charge in [0.25, 0.3) is 0 Å². The standard InChI is InChI=1S/C22H20BrN5O2S/c1-3-30-21(29)19-13(2)14-8-5-7-11-17(14)25-18(19)12-31-22-27-26-20(28(22)24)15-9-4-6-10-16(15)23/h4-11H,3,12,24H2,1-2H3. The Kier molecular flexibility index (Phi) is 6.24. The summed E-state index contributed by atoms with van der Waals surface area (Å²) in [6.45, 7) is 4.00. The maximum absolute atomic E-state index is 12.7. The van der Waals surface area contributed by atoms with Crippen molar-refractivity contribution in [2.75, 3.05) is 12.4 Å². The predicted molar refractivity (Wildman–Crippen MR) is 125 cm³/mol. The van der Waals surface area contributed by atoms with Crippen LogP contribution in [0.3, 0.4) is 0 Å². The lowest BCUT2D eigenvalue weighted by molar-refractivity contribution is 0.0524.